The van der Waals surface area contributed by atoms with Crippen LogP contribution in [0, 0.1) is 0 Å². The second-order valence-electron chi connectivity index (χ2n) is 13.5. The molecule has 46 heavy (non-hydrogen) atoms. The average Bonchev–Trinajstić information content (AvgIpc) is 3.57. The lowest BCUT2D eigenvalue weighted by Crippen LogP contribution is -2.26. The van der Waals surface area contributed by atoms with Crippen molar-refractivity contribution in [2.24, 2.45) is 0 Å². The summed E-state index contributed by atoms with van der Waals surface area (Å²) < 4.78 is 2.31. The van der Waals surface area contributed by atoms with E-state index in [1.54, 1.807) is 11.8 Å². The Hall–Kier alpha value is -3.51. The van der Waals surface area contributed by atoms with E-state index in [0.717, 1.165) is 45.5 Å². The summed E-state index contributed by atoms with van der Waals surface area (Å²) in [6.07, 6.45) is 12.4. The van der Waals surface area contributed by atoms with Gasteiger partial charge in [0.1, 0.15) is 7.05 Å². The molecule has 0 atom stereocenters. The van der Waals surface area contributed by atoms with Crippen molar-refractivity contribution in [1.82, 2.24) is 9.97 Å². The highest BCUT2D eigenvalue weighted by molar-refractivity contribution is 8.03. The summed E-state index contributed by atoms with van der Waals surface area (Å²) in [6, 6.07) is 20.7. The van der Waals surface area contributed by atoms with Crippen molar-refractivity contribution in [2.45, 2.75) is 62.9 Å². The van der Waals surface area contributed by atoms with Crippen LogP contribution in [0.25, 0.3) is 11.0 Å². The number of hydrogen-bond donors (Lipinski definition) is 1. The minimum atomic E-state index is -0.160. The van der Waals surface area contributed by atoms with E-state index in [2.05, 4.69) is 117 Å². The molecule has 0 unspecified atom stereocenters. The monoisotopic (exact) mass is 665 g/mol. The van der Waals surface area contributed by atoms with Crippen molar-refractivity contribution >= 4 is 63.1 Å². The molecule has 7 rings (SSSR count). The number of allylic oxidation sites excluding steroid dienone is 7. The van der Waals surface area contributed by atoms with Crippen LogP contribution in [0.2, 0.25) is 10.0 Å². The van der Waals surface area contributed by atoms with Gasteiger partial charge in [0.25, 0.3) is 0 Å². The summed E-state index contributed by atoms with van der Waals surface area (Å²) in [6.45, 7) is 9.14. The van der Waals surface area contributed by atoms with Crippen LogP contribution in [-0.4, -0.2) is 34.4 Å². The van der Waals surface area contributed by atoms with Crippen molar-refractivity contribution < 1.29 is 4.58 Å². The van der Waals surface area contributed by atoms with E-state index in [1.807, 2.05) is 24.3 Å². The predicted octanol–water partition coefficient (Wildman–Crippen LogP) is 10.9. The Balaban J connectivity index is 1.31. The quantitative estimate of drug-likeness (QED) is 0.215. The second kappa shape index (κ2) is 11.6. The van der Waals surface area contributed by atoms with Crippen LogP contribution < -0.4 is 4.90 Å². The van der Waals surface area contributed by atoms with Gasteiger partial charge in [-0.05, 0) is 98.4 Å². The number of likely N-dealkylation sites (N-methyl/N-ethyl adjacent to an activating group) is 1. The number of imidazole rings is 1. The maximum atomic E-state index is 6.44. The molecule has 3 aromatic carbocycles. The molecule has 0 bridgehead atoms. The van der Waals surface area contributed by atoms with Gasteiger partial charge in [0.05, 0.1) is 16.4 Å². The molecule has 0 saturated heterocycles. The molecule has 0 fully saturated rings. The normalized spacial score (nSPS) is 20.6. The molecule has 0 amide bonds. The first kappa shape index (κ1) is 31.1. The fourth-order valence-electron chi connectivity index (χ4n) is 7.40. The molecule has 4 nitrogen and oxygen atoms in total. The van der Waals surface area contributed by atoms with Crippen LogP contribution in [0.1, 0.15) is 58.1 Å². The minimum absolute atomic E-state index is 0.160. The number of para-hydroxylation sites is 2. The maximum absolute atomic E-state index is 6.44. The van der Waals surface area contributed by atoms with Crippen LogP contribution in [0.3, 0.4) is 0 Å². The van der Waals surface area contributed by atoms with Crippen molar-refractivity contribution in [3.05, 3.63) is 128 Å². The van der Waals surface area contributed by atoms with Crippen LogP contribution in [0.4, 0.5) is 11.4 Å². The summed E-state index contributed by atoms with van der Waals surface area (Å²) in [5.74, 6) is 0. The summed E-state index contributed by atoms with van der Waals surface area (Å²) in [5, 5.41) is 2.46. The lowest BCUT2D eigenvalue weighted by molar-refractivity contribution is -0.401. The van der Waals surface area contributed by atoms with Gasteiger partial charge >= 0.3 is 0 Å². The van der Waals surface area contributed by atoms with Gasteiger partial charge in [-0.25, -0.2) is 4.98 Å². The molecule has 7 heteroatoms. The van der Waals surface area contributed by atoms with Gasteiger partial charge in [-0.2, -0.15) is 4.58 Å². The Morgan fingerprint density at radius 3 is 2.41 bits per heavy atom. The number of nitrogens with zero attached hydrogens (tertiary/aromatic N) is 3. The maximum Gasteiger partial charge on any atom is 0.209 e. The highest BCUT2D eigenvalue weighted by Crippen LogP contribution is 2.48. The average molecular weight is 667 g/mol. The summed E-state index contributed by atoms with van der Waals surface area (Å²) in [4.78, 5) is 12.1. The highest BCUT2D eigenvalue weighted by Gasteiger charge is 2.43. The van der Waals surface area contributed by atoms with Crippen LogP contribution in [-0.2, 0) is 10.8 Å². The lowest BCUT2D eigenvalue weighted by Gasteiger charge is -2.25. The van der Waals surface area contributed by atoms with E-state index in [1.165, 1.54) is 50.0 Å². The van der Waals surface area contributed by atoms with E-state index in [9.17, 15) is 0 Å². The molecule has 3 aliphatic rings. The zero-order valence-corrected chi connectivity index (χ0v) is 29.5. The second-order valence-corrected chi connectivity index (χ2v) is 15.4. The Labute approximate surface area is 286 Å². The third kappa shape index (κ3) is 5.27. The molecule has 234 valence electrons. The molecule has 2 aliphatic heterocycles. The van der Waals surface area contributed by atoms with Crippen molar-refractivity contribution in [3.63, 3.8) is 0 Å². The van der Waals surface area contributed by atoms with Gasteiger partial charge in [0.2, 0.25) is 5.69 Å². The molecule has 0 radical (unpaired) electrons. The number of halogens is 2. The van der Waals surface area contributed by atoms with Gasteiger partial charge in [-0.15, -0.1) is 0 Å². The molecule has 0 saturated carbocycles. The number of aromatic amines is 1. The first-order valence-corrected chi connectivity index (χ1v) is 17.4. The summed E-state index contributed by atoms with van der Waals surface area (Å²) in [7, 11) is 4.31. The molecule has 1 aromatic heterocycles. The van der Waals surface area contributed by atoms with Crippen LogP contribution in [0.5, 0.6) is 0 Å². The van der Waals surface area contributed by atoms with Gasteiger partial charge in [0.15, 0.2) is 10.9 Å². The fraction of sp³-hybridized carbons (Fsp3) is 0.282. The van der Waals surface area contributed by atoms with Crippen molar-refractivity contribution in [3.8, 4) is 0 Å². The number of fused-ring (bicyclic) bond motifs is 3. The predicted molar refractivity (Wildman–Crippen MR) is 196 cm³/mol. The van der Waals surface area contributed by atoms with E-state index >= 15 is 0 Å². The Bertz CT molecular complexity index is 2020. The molecule has 4 aromatic rings. The number of thioether (sulfide) groups is 1. The number of aromatic nitrogens is 2. The number of rotatable bonds is 5. The Morgan fingerprint density at radius 2 is 1.63 bits per heavy atom. The first-order chi connectivity index (χ1) is 21.9. The SMILES string of the molecule is CN1C(=CC=C2CCCC(C=CC3=[N+](C)c4ccc(Cl)cc4C3(C)C)=C2Sc2nc3ccccc3[nH]2)C(C)(C)c2cc(Cl)ccc21. The van der Waals surface area contributed by atoms with Gasteiger partial charge < -0.3 is 9.88 Å². The van der Waals surface area contributed by atoms with Crippen LogP contribution in [0.15, 0.2) is 112 Å². The lowest BCUT2D eigenvalue weighted by atomic mass is 9.81. The number of H-pyrrole nitrogens is 1. The third-order valence-corrected chi connectivity index (χ3v) is 11.5. The van der Waals surface area contributed by atoms with Crippen molar-refractivity contribution in [1.29, 1.82) is 0 Å². The first-order valence-electron chi connectivity index (χ1n) is 15.9. The molecule has 1 aliphatic carbocycles. The molecule has 3 heterocycles. The summed E-state index contributed by atoms with van der Waals surface area (Å²) in [5.41, 5.74) is 11.8. The Kier molecular flexibility index (Phi) is 7.86. The number of hydrogen-bond acceptors (Lipinski definition) is 3. The molecular formula is C39H39Cl2N4S+. The Morgan fingerprint density at radius 1 is 0.891 bits per heavy atom. The van der Waals surface area contributed by atoms with Crippen LogP contribution >= 0.6 is 35.0 Å². The number of nitrogens with one attached hydrogen (secondary N) is 1. The molecular weight excluding hydrogens is 627 g/mol. The van der Waals surface area contributed by atoms with E-state index in [0.29, 0.717) is 0 Å². The molecule has 1 N–H and O–H groups in total. The smallest absolute Gasteiger partial charge is 0.209 e. The zero-order chi connectivity index (χ0) is 32.4. The molecule has 0 spiro atoms. The van der Waals surface area contributed by atoms with E-state index < -0.39 is 0 Å². The van der Waals surface area contributed by atoms with E-state index in [4.69, 9.17) is 28.2 Å². The van der Waals surface area contributed by atoms with Gasteiger partial charge in [0, 0.05) is 56.5 Å². The van der Waals surface area contributed by atoms with Crippen molar-refractivity contribution in [2.75, 3.05) is 19.0 Å². The minimum Gasteiger partial charge on any atom is -0.347 e. The van der Waals surface area contributed by atoms with Gasteiger partial charge in [-0.1, -0.05) is 73.1 Å². The number of anilines is 1. The standard InChI is InChI=1S/C39H39Cl2N4S/c1-38(2)28-22-26(40)16-18-32(28)44(5)34(38)20-14-24-10-9-11-25(36(24)46-37-42-30-12-7-8-13-31(30)43-37)15-21-35-39(3,4)29-23-27(41)17-19-33(29)45(35)6/h7-8,12-23H,9-11H2,1-6H3,(H,42,43)/q+1. The highest BCUT2D eigenvalue weighted by atomic mass is 35.5. The van der Waals surface area contributed by atoms with Gasteiger partial charge in [-0.3, -0.25) is 0 Å². The zero-order valence-electron chi connectivity index (χ0n) is 27.2. The third-order valence-electron chi connectivity index (χ3n) is 9.92. The largest absolute Gasteiger partial charge is 0.347 e. The van der Waals surface area contributed by atoms with E-state index in [-0.39, 0.29) is 10.8 Å². The number of benzene rings is 3. The topological polar surface area (TPSA) is 34.9 Å². The fourth-order valence-corrected chi connectivity index (χ4v) is 8.85. The summed E-state index contributed by atoms with van der Waals surface area (Å²) >= 11 is 14.6.